The minimum atomic E-state index is -2.11. The van der Waals surface area contributed by atoms with Gasteiger partial charge < -0.3 is 25.4 Å². The van der Waals surface area contributed by atoms with Gasteiger partial charge in [-0.25, -0.2) is 0 Å². The van der Waals surface area contributed by atoms with Crippen molar-refractivity contribution < 1.29 is 29.3 Å². The van der Waals surface area contributed by atoms with Crippen molar-refractivity contribution in [2.75, 3.05) is 20.1 Å². The van der Waals surface area contributed by atoms with Gasteiger partial charge in [-0.2, -0.15) is 0 Å². The molecule has 8 rings (SSSR count). The Labute approximate surface area is 254 Å². The number of carbonyl (C=O) groups is 3. The maximum atomic E-state index is 14.2. The van der Waals surface area contributed by atoms with E-state index in [0.29, 0.717) is 31.4 Å². The summed E-state index contributed by atoms with van der Waals surface area (Å²) in [4.78, 5) is 50.0. The molecule has 2 aromatic carbocycles. The monoisotopic (exact) mass is 597 g/mol. The number of nitrogens with one attached hydrogen (secondary N) is 2. The first-order valence-electron chi connectivity index (χ1n) is 15.3. The van der Waals surface area contributed by atoms with E-state index in [1.165, 1.54) is 6.92 Å². The fraction of sp³-hybridized carbons (Fsp3) is 0.424. The van der Waals surface area contributed by atoms with Crippen LogP contribution in [0.4, 0.5) is 0 Å². The zero-order valence-corrected chi connectivity index (χ0v) is 24.6. The Morgan fingerprint density at radius 1 is 1.16 bits per heavy atom. The van der Waals surface area contributed by atoms with Crippen LogP contribution in [0, 0.1) is 5.92 Å². The summed E-state index contributed by atoms with van der Waals surface area (Å²) >= 11 is 0. The molecule has 228 valence electrons. The molecule has 3 fully saturated rings. The molecule has 4 N–H and O–H groups in total. The van der Waals surface area contributed by atoms with Crippen LogP contribution in [-0.2, 0) is 32.0 Å². The van der Waals surface area contributed by atoms with Crippen molar-refractivity contribution in [3.8, 4) is 0 Å². The Balaban J connectivity index is 1.13. The number of aromatic amines is 1. The fourth-order valence-corrected chi connectivity index (χ4v) is 8.21. The lowest BCUT2D eigenvalue weighted by molar-refractivity contribution is -0.315. The molecule has 1 aliphatic carbocycles. The number of nitrogens with zero attached hydrogens (tertiary/aromatic N) is 3. The lowest BCUT2D eigenvalue weighted by Gasteiger charge is -2.48. The summed E-state index contributed by atoms with van der Waals surface area (Å²) < 4.78 is 6.19. The number of aromatic nitrogens is 1. The summed E-state index contributed by atoms with van der Waals surface area (Å²) in [7, 11) is 1.92. The highest BCUT2D eigenvalue weighted by molar-refractivity contribution is 6.01. The van der Waals surface area contributed by atoms with Gasteiger partial charge in [0.15, 0.2) is 0 Å². The number of benzene rings is 2. The highest BCUT2D eigenvalue weighted by Crippen LogP contribution is 2.47. The Hall–Kier alpha value is -4.19. The maximum absolute atomic E-state index is 14.2. The van der Waals surface area contributed by atoms with Gasteiger partial charge in [0.2, 0.25) is 17.5 Å². The molecule has 0 bridgehead atoms. The predicted octanol–water partition coefficient (Wildman–Crippen LogP) is 1.88. The van der Waals surface area contributed by atoms with E-state index >= 15 is 0 Å². The summed E-state index contributed by atoms with van der Waals surface area (Å²) in [6, 6.07) is 13.3. The largest absolute Gasteiger partial charge is 0.511 e. The summed E-state index contributed by atoms with van der Waals surface area (Å²) in [5.74, 6) is -4.65. The molecular weight excluding hydrogens is 562 g/mol. The van der Waals surface area contributed by atoms with Crippen molar-refractivity contribution >= 4 is 34.2 Å². The zero-order chi connectivity index (χ0) is 30.5. The molecule has 3 saturated heterocycles. The number of hydrogen-bond donors (Lipinski definition) is 4. The molecule has 5 aliphatic rings. The first kappa shape index (κ1) is 27.4. The van der Waals surface area contributed by atoms with Crippen molar-refractivity contribution in [2.24, 2.45) is 5.92 Å². The van der Waals surface area contributed by atoms with Gasteiger partial charge in [0.1, 0.15) is 23.8 Å². The third-order valence-corrected chi connectivity index (χ3v) is 10.3. The molecule has 6 atom stereocenters. The SMILES string of the molecule is CN1C[C@@H](C(=O)NC2(C)OC3(O)[C@@H]4CCCN4C(=O)C(Cc4ccccc4)N3C2=O)C(O)=C2c3cccc4[nH]cc(c34)C[C@H]21. The number of aliphatic hydroxyl groups is 2. The zero-order valence-electron chi connectivity index (χ0n) is 24.6. The molecule has 3 unspecified atom stereocenters. The molecule has 11 heteroatoms. The molecule has 3 aromatic rings. The number of likely N-dealkylation sites (N-methyl/N-ethyl adjacent to an activating group) is 1. The van der Waals surface area contributed by atoms with Crippen LogP contribution in [-0.4, -0.2) is 97.5 Å². The van der Waals surface area contributed by atoms with E-state index in [1.807, 2.05) is 61.8 Å². The van der Waals surface area contributed by atoms with Crippen LogP contribution < -0.4 is 5.32 Å². The smallest absolute Gasteiger partial charge is 0.280 e. The molecule has 4 aliphatic heterocycles. The number of ether oxygens (including phenoxy) is 1. The van der Waals surface area contributed by atoms with E-state index in [4.69, 9.17) is 4.74 Å². The molecule has 1 aromatic heterocycles. The van der Waals surface area contributed by atoms with E-state index in [9.17, 15) is 24.6 Å². The molecule has 3 amide bonds. The second kappa shape index (κ2) is 9.40. The maximum Gasteiger partial charge on any atom is 0.280 e. The first-order valence-corrected chi connectivity index (χ1v) is 15.3. The van der Waals surface area contributed by atoms with Gasteiger partial charge in [0, 0.05) is 48.2 Å². The van der Waals surface area contributed by atoms with E-state index in [1.54, 1.807) is 4.90 Å². The van der Waals surface area contributed by atoms with Crippen LogP contribution in [0.3, 0.4) is 0 Å². The second-order valence-corrected chi connectivity index (χ2v) is 12.9. The molecule has 44 heavy (non-hydrogen) atoms. The summed E-state index contributed by atoms with van der Waals surface area (Å²) in [6.07, 6.45) is 4.01. The molecule has 0 saturated carbocycles. The molecule has 0 spiro atoms. The van der Waals surface area contributed by atoms with Crippen LogP contribution in [0.2, 0.25) is 0 Å². The van der Waals surface area contributed by atoms with Crippen LogP contribution in [0.1, 0.15) is 36.5 Å². The van der Waals surface area contributed by atoms with E-state index in [-0.39, 0.29) is 30.7 Å². The Morgan fingerprint density at radius 3 is 2.75 bits per heavy atom. The number of rotatable bonds is 4. The average Bonchev–Trinajstić information content (AvgIpc) is 3.71. The Bertz CT molecular complexity index is 1750. The second-order valence-electron chi connectivity index (χ2n) is 12.9. The Morgan fingerprint density at radius 2 is 1.95 bits per heavy atom. The molecule has 5 heterocycles. The van der Waals surface area contributed by atoms with Gasteiger partial charge in [-0.1, -0.05) is 42.5 Å². The highest BCUT2D eigenvalue weighted by atomic mass is 16.7. The lowest BCUT2D eigenvalue weighted by Crippen LogP contribution is -2.71. The standard InChI is InChI=1S/C33H35N5O6/c1-32(31(42)38-24(14-18-8-4-3-5-9-18)30(41)37-13-7-12-25(37)33(38,43)44-32)35-29(40)21-17-36(2)23-15-19-16-34-22-11-6-10-20(26(19)22)27(23)28(21)39/h3-6,8-11,16,21,23-25,34,39,43H,7,12-15,17H2,1-2H3,(H,35,40)/t21-,23-,24?,25+,32?,33?/m1/s1. The van der Waals surface area contributed by atoms with Gasteiger partial charge in [-0.15, -0.1) is 0 Å². The van der Waals surface area contributed by atoms with Gasteiger partial charge in [-0.05, 0) is 56.0 Å². The van der Waals surface area contributed by atoms with Crippen LogP contribution in [0.25, 0.3) is 16.5 Å². The van der Waals surface area contributed by atoms with Crippen molar-refractivity contribution in [3.63, 3.8) is 0 Å². The van der Waals surface area contributed by atoms with Crippen LogP contribution in [0.5, 0.6) is 0 Å². The fourth-order valence-electron chi connectivity index (χ4n) is 8.21. The van der Waals surface area contributed by atoms with E-state index in [2.05, 4.69) is 15.2 Å². The minimum absolute atomic E-state index is 0.0328. The number of H-pyrrole nitrogens is 1. The van der Waals surface area contributed by atoms with Crippen molar-refractivity contribution in [1.29, 1.82) is 0 Å². The molecule has 11 nitrogen and oxygen atoms in total. The quantitative estimate of drug-likeness (QED) is 0.360. The van der Waals surface area contributed by atoms with Crippen molar-refractivity contribution in [1.82, 2.24) is 25.0 Å². The average molecular weight is 598 g/mol. The van der Waals surface area contributed by atoms with Gasteiger partial charge in [0.25, 0.3) is 11.8 Å². The Kier molecular flexibility index (Phi) is 5.85. The van der Waals surface area contributed by atoms with Crippen LogP contribution >= 0.6 is 0 Å². The molecule has 0 radical (unpaired) electrons. The number of piperazine rings is 1. The van der Waals surface area contributed by atoms with Crippen molar-refractivity contribution in [3.05, 3.63) is 77.2 Å². The third kappa shape index (κ3) is 3.69. The van der Waals surface area contributed by atoms with E-state index < -0.39 is 41.5 Å². The molecular formula is C33H35N5O6. The first-order chi connectivity index (χ1) is 21.1. The number of carbonyl (C=O) groups excluding carboxylic acids is 3. The number of fused-ring (bicyclic) bond motifs is 5. The topological polar surface area (TPSA) is 138 Å². The number of hydrogen-bond acceptors (Lipinski definition) is 7. The number of aliphatic hydroxyl groups excluding tert-OH is 1. The van der Waals surface area contributed by atoms with Crippen LogP contribution in [0.15, 0.2) is 60.5 Å². The predicted molar refractivity (Wildman–Crippen MR) is 160 cm³/mol. The van der Waals surface area contributed by atoms with Crippen molar-refractivity contribution in [2.45, 2.75) is 62.4 Å². The third-order valence-electron chi connectivity index (χ3n) is 10.3. The van der Waals surface area contributed by atoms with E-state index in [0.717, 1.165) is 32.5 Å². The number of amides is 3. The summed E-state index contributed by atoms with van der Waals surface area (Å²) in [6.45, 7) is 2.10. The summed E-state index contributed by atoms with van der Waals surface area (Å²) in [5, 5.41) is 27.5. The normalized spacial score (nSPS) is 33.1. The van der Waals surface area contributed by atoms with Gasteiger partial charge in [-0.3, -0.25) is 28.9 Å². The minimum Gasteiger partial charge on any atom is -0.511 e. The highest BCUT2D eigenvalue weighted by Gasteiger charge is 2.70. The van der Waals surface area contributed by atoms with Gasteiger partial charge in [0.05, 0.1) is 0 Å². The lowest BCUT2D eigenvalue weighted by atomic mass is 9.78. The summed E-state index contributed by atoms with van der Waals surface area (Å²) in [5.41, 5.74) is 2.59. The van der Waals surface area contributed by atoms with Gasteiger partial charge >= 0.3 is 0 Å².